The van der Waals surface area contributed by atoms with Crippen molar-refractivity contribution in [3.8, 4) is 0 Å². The minimum Gasteiger partial charge on any atom is -0.465 e. The van der Waals surface area contributed by atoms with E-state index in [4.69, 9.17) is 0 Å². The van der Waals surface area contributed by atoms with Crippen molar-refractivity contribution < 1.29 is 23.5 Å². The Balaban J connectivity index is 1.61. The highest BCUT2D eigenvalue weighted by Gasteiger charge is 2.53. The SMILES string of the molecule is COC(=O)c1ccc(N2CC3(CN(C(=O)OC)C3)C2)cc1F. The lowest BCUT2D eigenvalue weighted by Crippen LogP contribution is -2.73. The van der Waals surface area contributed by atoms with Gasteiger partial charge in [-0.05, 0) is 18.2 Å². The van der Waals surface area contributed by atoms with Crippen molar-refractivity contribution in [2.75, 3.05) is 45.3 Å². The van der Waals surface area contributed by atoms with Crippen molar-refractivity contribution >= 4 is 17.7 Å². The van der Waals surface area contributed by atoms with E-state index in [2.05, 4.69) is 9.47 Å². The smallest absolute Gasteiger partial charge is 0.409 e. The van der Waals surface area contributed by atoms with Gasteiger partial charge in [0.15, 0.2) is 0 Å². The summed E-state index contributed by atoms with van der Waals surface area (Å²) < 4.78 is 23.1. The van der Waals surface area contributed by atoms with E-state index in [0.29, 0.717) is 13.1 Å². The number of hydrogen-bond donors (Lipinski definition) is 0. The molecule has 2 saturated heterocycles. The number of ether oxygens (including phenoxy) is 2. The number of carbonyl (C=O) groups is 2. The molecule has 1 aromatic carbocycles. The van der Waals surface area contributed by atoms with Crippen LogP contribution in [0.5, 0.6) is 0 Å². The van der Waals surface area contributed by atoms with Gasteiger partial charge in [-0.1, -0.05) is 0 Å². The van der Waals surface area contributed by atoms with Gasteiger partial charge in [-0.15, -0.1) is 0 Å². The topological polar surface area (TPSA) is 59.1 Å². The van der Waals surface area contributed by atoms with E-state index in [9.17, 15) is 14.0 Å². The molecule has 0 atom stereocenters. The first kappa shape index (κ1) is 14.6. The minimum absolute atomic E-state index is 0.0676. The Hall–Kier alpha value is -2.31. The zero-order valence-corrected chi connectivity index (χ0v) is 12.5. The Morgan fingerprint density at radius 2 is 1.82 bits per heavy atom. The quantitative estimate of drug-likeness (QED) is 0.775. The van der Waals surface area contributed by atoms with Crippen LogP contribution >= 0.6 is 0 Å². The molecule has 118 valence electrons. The standard InChI is InChI=1S/C15H17FN2O4/c1-21-13(19)11-4-3-10(5-12(11)16)17-6-15(7-17)8-18(9-15)14(20)22-2/h3-5H,6-9H2,1-2H3. The molecular weight excluding hydrogens is 291 g/mol. The predicted molar refractivity (Wildman–Crippen MR) is 76.4 cm³/mol. The summed E-state index contributed by atoms with van der Waals surface area (Å²) in [7, 11) is 2.59. The van der Waals surface area contributed by atoms with Crippen molar-refractivity contribution in [3.05, 3.63) is 29.6 Å². The number of anilines is 1. The number of methoxy groups -OCH3 is 2. The predicted octanol–water partition coefficient (Wildman–Crippen LogP) is 1.50. The number of amides is 1. The number of likely N-dealkylation sites (tertiary alicyclic amines) is 1. The minimum atomic E-state index is -0.683. The Bertz CT molecular complexity index is 620. The van der Waals surface area contributed by atoms with Crippen LogP contribution in [-0.4, -0.2) is 57.4 Å². The van der Waals surface area contributed by atoms with Crippen LogP contribution in [0.3, 0.4) is 0 Å². The summed E-state index contributed by atoms with van der Waals surface area (Å²) in [6, 6.07) is 4.48. The maximum atomic E-state index is 13.9. The molecule has 2 heterocycles. The van der Waals surface area contributed by atoms with Gasteiger partial charge >= 0.3 is 12.1 Å². The molecule has 0 saturated carbocycles. The summed E-state index contributed by atoms with van der Waals surface area (Å²) in [5, 5.41) is 0. The van der Waals surface area contributed by atoms with Crippen molar-refractivity contribution in [3.63, 3.8) is 0 Å². The van der Waals surface area contributed by atoms with Gasteiger partial charge in [0.1, 0.15) is 5.82 Å². The van der Waals surface area contributed by atoms with Crippen LogP contribution in [0.1, 0.15) is 10.4 Å². The van der Waals surface area contributed by atoms with Crippen LogP contribution in [0, 0.1) is 11.2 Å². The molecule has 0 N–H and O–H groups in total. The van der Waals surface area contributed by atoms with Crippen molar-refractivity contribution in [1.82, 2.24) is 4.90 Å². The summed E-state index contributed by atoms with van der Waals surface area (Å²) in [5.74, 6) is -1.27. The van der Waals surface area contributed by atoms with E-state index < -0.39 is 11.8 Å². The summed E-state index contributed by atoms with van der Waals surface area (Å²) >= 11 is 0. The number of halogens is 1. The third-order valence-corrected chi connectivity index (χ3v) is 4.26. The van der Waals surface area contributed by atoms with E-state index >= 15 is 0 Å². The summed E-state index contributed by atoms with van der Waals surface area (Å²) in [6.45, 7) is 2.85. The number of hydrogen-bond acceptors (Lipinski definition) is 5. The Kier molecular flexibility index (Phi) is 3.42. The number of rotatable bonds is 2. The third kappa shape index (κ3) is 2.26. The van der Waals surface area contributed by atoms with Gasteiger partial charge in [-0.3, -0.25) is 0 Å². The second kappa shape index (κ2) is 5.15. The fourth-order valence-corrected chi connectivity index (χ4v) is 3.14. The molecule has 0 unspecified atom stereocenters. The lowest BCUT2D eigenvalue weighted by molar-refractivity contribution is -0.0150. The van der Waals surface area contributed by atoms with Crippen LogP contribution in [0.2, 0.25) is 0 Å². The first-order valence-electron chi connectivity index (χ1n) is 6.94. The molecule has 22 heavy (non-hydrogen) atoms. The monoisotopic (exact) mass is 308 g/mol. The normalized spacial score (nSPS) is 18.5. The van der Waals surface area contributed by atoms with Crippen LogP contribution in [-0.2, 0) is 9.47 Å². The molecule has 2 aliphatic heterocycles. The number of carbonyl (C=O) groups excluding carboxylic acids is 2. The lowest BCUT2D eigenvalue weighted by Gasteiger charge is -2.60. The summed E-state index contributed by atoms with van der Waals surface area (Å²) in [6.07, 6.45) is -0.308. The molecule has 6 nitrogen and oxygen atoms in total. The van der Waals surface area contributed by atoms with E-state index in [1.807, 2.05) is 4.90 Å². The molecule has 2 aliphatic rings. The fourth-order valence-electron chi connectivity index (χ4n) is 3.14. The highest BCUT2D eigenvalue weighted by Crippen LogP contribution is 2.42. The fraction of sp³-hybridized carbons (Fsp3) is 0.467. The second-order valence-corrected chi connectivity index (χ2v) is 5.84. The van der Waals surface area contributed by atoms with Gasteiger partial charge in [0.2, 0.25) is 0 Å². The van der Waals surface area contributed by atoms with E-state index in [-0.39, 0.29) is 17.1 Å². The molecule has 0 radical (unpaired) electrons. The molecule has 1 aromatic rings. The molecule has 7 heteroatoms. The largest absolute Gasteiger partial charge is 0.465 e. The average molecular weight is 308 g/mol. The number of nitrogens with zero attached hydrogens (tertiary/aromatic N) is 2. The van der Waals surface area contributed by atoms with Gasteiger partial charge in [0.05, 0.1) is 19.8 Å². The Morgan fingerprint density at radius 1 is 1.14 bits per heavy atom. The average Bonchev–Trinajstić information content (AvgIpc) is 2.43. The van der Waals surface area contributed by atoms with E-state index in [1.165, 1.54) is 26.4 Å². The van der Waals surface area contributed by atoms with Crippen molar-refractivity contribution in [1.29, 1.82) is 0 Å². The van der Waals surface area contributed by atoms with Crippen LogP contribution in [0.15, 0.2) is 18.2 Å². The molecule has 0 aliphatic carbocycles. The molecule has 0 aromatic heterocycles. The van der Waals surface area contributed by atoms with Crippen LogP contribution in [0.25, 0.3) is 0 Å². The van der Waals surface area contributed by atoms with E-state index in [0.717, 1.165) is 18.8 Å². The number of benzene rings is 1. The highest BCUT2D eigenvalue weighted by molar-refractivity contribution is 5.90. The summed E-state index contributed by atoms with van der Waals surface area (Å²) in [5.41, 5.74) is 0.750. The number of esters is 1. The molecular formula is C15H17FN2O4. The van der Waals surface area contributed by atoms with Crippen molar-refractivity contribution in [2.45, 2.75) is 0 Å². The maximum absolute atomic E-state index is 13.9. The Labute approximate surface area is 127 Å². The van der Waals surface area contributed by atoms with Crippen molar-refractivity contribution in [2.24, 2.45) is 5.41 Å². The van der Waals surface area contributed by atoms with Gasteiger partial charge in [0.25, 0.3) is 0 Å². The van der Waals surface area contributed by atoms with Crippen LogP contribution in [0.4, 0.5) is 14.9 Å². The molecule has 1 amide bonds. The maximum Gasteiger partial charge on any atom is 0.409 e. The first-order valence-corrected chi connectivity index (χ1v) is 6.94. The van der Waals surface area contributed by atoms with Gasteiger partial charge in [-0.2, -0.15) is 0 Å². The zero-order chi connectivity index (χ0) is 15.9. The Morgan fingerprint density at radius 3 is 2.36 bits per heavy atom. The molecule has 1 spiro atoms. The lowest BCUT2D eigenvalue weighted by atomic mass is 9.73. The van der Waals surface area contributed by atoms with E-state index in [1.54, 1.807) is 11.0 Å². The van der Waals surface area contributed by atoms with Crippen LogP contribution < -0.4 is 4.90 Å². The molecule has 0 bridgehead atoms. The molecule has 3 rings (SSSR count). The zero-order valence-electron chi connectivity index (χ0n) is 12.5. The van der Waals surface area contributed by atoms with Gasteiger partial charge < -0.3 is 19.3 Å². The third-order valence-electron chi connectivity index (χ3n) is 4.26. The first-order chi connectivity index (χ1) is 10.5. The van der Waals surface area contributed by atoms with Gasteiger partial charge in [0, 0.05) is 37.3 Å². The molecule has 2 fully saturated rings. The highest BCUT2D eigenvalue weighted by atomic mass is 19.1. The van der Waals surface area contributed by atoms with Gasteiger partial charge in [-0.25, -0.2) is 14.0 Å². The second-order valence-electron chi connectivity index (χ2n) is 5.84. The summed E-state index contributed by atoms with van der Waals surface area (Å²) in [4.78, 5) is 26.4.